The molecular formula is C22H22ClNO6. The Bertz CT molecular complexity index is 915. The number of rotatable bonds is 9. The number of carboxylic acids is 1. The van der Waals surface area contributed by atoms with Crippen LogP contribution in [0.3, 0.4) is 0 Å². The SMILES string of the molecule is COC(=O)CCC1=NOC(C(=O)O)(C(OCc2ccccc2)c2ccc(Cl)cc2)C1. The van der Waals surface area contributed by atoms with E-state index in [2.05, 4.69) is 9.89 Å². The van der Waals surface area contributed by atoms with Crippen molar-refractivity contribution in [3.63, 3.8) is 0 Å². The third-order valence-electron chi connectivity index (χ3n) is 4.87. The van der Waals surface area contributed by atoms with Gasteiger partial charge in [0.1, 0.15) is 6.10 Å². The molecule has 2 atom stereocenters. The van der Waals surface area contributed by atoms with Gasteiger partial charge in [0.2, 0.25) is 0 Å². The maximum absolute atomic E-state index is 12.4. The number of ether oxygens (including phenoxy) is 2. The average Bonchev–Trinajstić information content (AvgIpc) is 3.19. The Balaban J connectivity index is 1.86. The molecule has 0 bridgehead atoms. The lowest BCUT2D eigenvalue weighted by molar-refractivity contribution is -0.187. The first-order chi connectivity index (χ1) is 14.4. The predicted molar refractivity (Wildman–Crippen MR) is 110 cm³/mol. The van der Waals surface area contributed by atoms with E-state index in [1.54, 1.807) is 24.3 Å². The third-order valence-corrected chi connectivity index (χ3v) is 5.12. The minimum absolute atomic E-state index is 0.0125. The van der Waals surface area contributed by atoms with Crippen molar-refractivity contribution in [1.29, 1.82) is 0 Å². The molecule has 0 spiro atoms. The number of carbonyl (C=O) groups is 2. The Hall–Kier alpha value is -2.90. The van der Waals surface area contributed by atoms with Gasteiger partial charge in [-0.15, -0.1) is 0 Å². The molecule has 1 aliphatic rings. The lowest BCUT2D eigenvalue weighted by Crippen LogP contribution is -2.46. The molecule has 0 saturated carbocycles. The van der Waals surface area contributed by atoms with E-state index in [1.807, 2.05) is 30.3 Å². The molecule has 7 nitrogen and oxygen atoms in total. The minimum Gasteiger partial charge on any atom is -0.478 e. The van der Waals surface area contributed by atoms with E-state index < -0.39 is 23.6 Å². The molecule has 2 unspecified atom stereocenters. The van der Waals surface area contributed by atoms with Crippen molar-refractivity contribution < 1.29 is 29.0 Å². The number of hydrogen-bond acceptors (Lipinski definition) is 6. The average molecular weight is 432 g/mol. The maximum atomic E-state index is 12.4. The van der Waals surface area contributed by atoms with Crippen LogP contribution in [0.1, 0.15) is 36.5 Å². The van der Waals surface area contributed by atoms with Crippen LogP contribution in [0.2, 0.25) is 5.02 Å². The van der Waals surface area contributed by atoms with Gasteiger partial charge in [-0.3, -0.25) is 4.79 Å². The highest BCUT2D eigenvalue weighted by Crippen LogP contribution is 2.41. The standard InChI is InChI=1S/C22H22ClNO6/c1-28-19(25)12-11-18-13-22(21(26)27,30-24-18)20(16-7-9-17(23)10-8-16)29-14-15-5-3-2-4-6-15/h2-10,20H,11-14H2,1H3,(H,26,27). The monoisotopic (exact) mass is 431 g/mol. The summed E-state index contributed by atoms with van der Waals surface area (Å²) in [5.74, 6) is -1.60. The fraction of sp³-hybridized carbons (Fsp3) is 0.318. The maximum Gasteiger partial charge on any atom is 0.354 e. The number of carbonyl (C=O) groups excluding carboxylic acids is 1. The Morgan fingerprint density at radius 2 is 1.90 bits per heavy atom. The highest BCUT2D eigenvalue weighted by Gasteiger charge is 2.54. The largest absolute Gasteiger partial charge is 0.478 e. The van der Waals surface area contributed by atoms with E-state index in [4.69, 9.17) is 21.2 Å². The number of esters is 1. The molecule has 0 fully saturated rings. The van der Waals surface area contributed by atoms with Gasteiger partial charge in [-0.2, -0.15) is 0 Å². The van der Waals surface area contributed by atoms with Crippen molar-refractivity contribution in [3.8, 4) is 0 Å². The van der Waals surface area contributed by atoms with Crippen LogP contribution in [0.25, 0.3) is 0 Å². The van der Waals surface area contributed by atoms with Crippen LogP contribution >= 0.6 is 11.6 Å². The molecule has 0 radical (unpaired) electrons. The summed E-state index contributed by atoms with van der Waals surface area (Å²) in [7, 11) is 1.30. The number of carboxylic acid groups (broad SMARTS) is 1. The number of benzene rings is 2. The molecule has 30 heavy (non-hydrogen) atoms. The summed E-state index contributed by atoms with van der Waals surface area (Å²) in [6.07, 6.45) is -0.633. The lowest BCUT2D eigenvalue weighted by atomic mass is 9.85. The van der Waals surface area contributed by atoms with Gasteiger partial charge in [-0.05, 0) is 29.7 Å². The Labute approximate surface area is 179 Å². The van der Waals surface area contributed by atoms with E-state index in [1.165, 1.54) is 7.11 Å². The van der Waals surface area contributed by atoms with E-state index >= 15 is 0 Å². The van der Waals surface area contributed by atoms with E-state index in [0.29, 0.717) is 16.3 Å². The first-order valence-corrected chi connectivity index (χ1v) is 9.77. The molecule has 8 heteroatoms. The zero-order valence-corrected chi connectivity index (χ0v) is 17.2. The van der Waals surface area contributed by atoms with Crippen LogP contribution in [0.5, 0.6) is 0 Å². The van der Waals surface area contributed by atoms with Crippen LogP contribution < -0.4 is 0 Å². The van der Waals surface area contributed by atoms with Crippen molar-refractivity contribution in [2.24, 2.45) is 5.16 Å². The molecule has 0 aromatic heterocycles. The summed E-state index contributed by atoms with van der Waals surface area (Å²) in [6.45, 7) is 0.185. The summed E-state index contributed by atoms with van der Waals surface area (Å²) in [6, 6.07) is 16.2. The minimum atomic E-state index is -1.76. The number of nitrogens with zero attached hydrogens (tertiary/aromatic N) is 1. The van der Waals surface area contributed by atoms with Gasteiger partial charge in [-0.25, -0.2) is 4.79 Å². The molecular weight excluding hydrogens is 410 g/mol. The second kappa shape index (κ2) is 9.73. The fourth-order valence-electron chi connectivity index (χ4n) is 3.25. The zero-order valence-electron chi connectivity index (χ0n) is 16.4. The smallest absolute Gasteiger partial charge is 0.354 e. The summed E-state index contributed by atoms with van der Waals surface area (Å²) >= 11 is 6.00. The first-order valence-electron chi connectivity index (χ1n) is 9.40. The highest BCUT2D eigenvalue weighted by molar-refractivity contribution is 6.30. The van der Waals surface area contributed by atoms with Crippen molar-refractivity contribution in [2.75, 3.05) is 7.11 Å². The lowest BCUT2D eigenvalue weighted by Gasteiger charge is -2.31. The third kappa shape index (κ3) is 4.98. The van der Waals surface area contributed by atoms with Crippen LogP contribution in [-0.4, -0.2) is 35.5 Å². The van der Waals surface area contributed by atoms with Crippen LogP contribution in [0, 0.1) is 0 Å². The van der Waals surface area contributed by atoms with Crippen LogP contribution in [0.15, 0.2) is 59.8 Å². The molecule has 2 aromatic rings. The Morgan fingerprint density at radius 1 is 1.20 bits per heavy atom. The van der Waals surface area contributed by atoms with E-state index in [-0.39, 0.29) is 25.9 Å². The second-order valence-electron chi connectivity index (χ2n) is 6.92. The van der Waals surface area contributed by atoms with Crippen molar-refractivity contribution in [2.45, 2.75) is 37.6 Å². The van der Waals surface area contributed by atoms with Gasteiger partial charge >= 0.3 is 11.9 Å². The molecule has 158 valence electrons. The van der Waals surface area contributed by atoms with Gasteiger partial charge in [0, 0.05) is 11.4 Å². The van der Waals surface area contributed by atoms with E-state index in [0.717, 1.165) is 5.56 Å². The van der Waals surface area contributed by atoms with Crippen molar-refractivity contribution >= 4 is 29.3 Å². The molecule has 1 N–H and O–H groups in total. The number of hydrogen-bond donors (Lipinski definition) is 1. The summed E-state index contributed by atoms with van der Waals surface area (Å²) in [5, 5.41) is 14.6. The van der Waals surface area contributed by atoms with Gasteiger partial charge in [-0.1, -0.05) is 59.2 Å². The first kappa shape index (κ1) is 21.8. The van der Waals surface area contributed by atoms with Crippen molar-refractivity contribution in [3.05, 3.63) is 70.7 Å². The number of halogens is 1. The molecule has 1 heterocycles. The molecule has 3 rings (SSSR count). The molecule has 2 aromatic carbocycles. The summed E-state index contributed by atoms with van der Waals surface area (Å²) in [4.78, 5) is 29.3. The number of oxime groups is 1. The van der Waals surface area contributed by atoms with Gasteiger partial charge in [0.25, 0.3) is 5.60 Å². The quantitative estimate of drug-likeness (QED) is 0.599. The normalized spacial score (nSPS) is 18.9. The number of methoxy groups -OCH3 is 1. The Kier molecular flexibility index (Phi) is 7.07. The summed E-state index contributed by atoms with van der Waals surface area (Å²) < 4.78 is 10.7. The van der Waals surface area contributed by atoms with E-state index in [9.17, 15) is 14.7 Å². The summed E-state index contributed by atoms with van der Waals surface area (Å²) in [5.41, 5.74) is 0.197. The molecule has 0 aliphatic carbocycles. The van der Waals surface area contributed by atoms with Gasteiger partial charge in [0.05, 0.1) is 25.8 Å². The van der Waals surface area contributed by atoms with Gasteiger partial charge in [0.15, 0.2) is 0 Å². The molecule has 1 aliphatic heterocycles. The second-order valence-corrected chi connectivity index (χ2v) is 7.36. The fourth-order valence-corrected chi connectivity index (χ4v) is 3.38. The molecule has 0 saturated heterocycles. The topological polar surface area (TPSA) is 94.4 Å². The zero-order chi connectivity index (χ0) is 21.6. The Morgan fingerprint density at radius 3 is 2.53 bits per heavy atom. The van der Waals surface area contributed by atoms with Crippen LogP contribution in [0.4, 0.5) is 0 Å². The number of aliphatic carboxylic acids is 1. The molecule has 0 amide bonds. The van der Waals surface area contributed by atoms with Crippen molar-refractivity contribution in [1.82, 2.24) is 0 Å². The van der Waals surface area contributed by atoms with Crippen LogP contribution in [-0.2, 0) is 30.5 Å². The highest BCUT2D eigenvalue weighted by atomic mass is 35.5. The van der Waals surface area contributed by atoms with Gasteiger partial charge < -0.3 is 19.4 Å². The predicted octanol–water partition coefficient (Wildman–Crippen LogP) is 4.15.